The normalized spacial score (nSPS) is 12.2. The number of nitrogens with zero attached hydrogens (tertiary/aromatic N) is 1. The van der Waals surface area contributed by atoms with Gasteiger partial charge < -0.3 is 9.64 Å². The molecule has 1 atom stereocenters. The third-order valence-corrected chi connectivity index (χ3v) is 6.74. The van der Waals surface area contributed by atoms with E-state index in [-0.39, 0.29) is 10.8 Å². The first-order valence-electron chi connectivity index (χ1n) is 10.9. The van der Waals surface area contributed by atoms with Gasteiger partial charge >= 0.3 is 0 Å². The SMILES string of the molecule is CCOc1ccc(S(=O)(=O)N[C@@H](C)C(=O)N(Cc2ccccc2)Cc2ccccc2)cc1C. The molecule has 3 aromatic rings. The highest BCUT2D eigenvalue weighted by atomic mass is 32.2. The van der Waals surface area contributed by atoms with Crippen molar-refractivity contribution in [2.75, 3.05) is 6.61 Å². The molecule has 0 spiro atoms. The van der Waals surface area contributed by atoms with Gasteiger partial charge in [-0.1, -0.05) is 60.7 Å². The molecule has 0 bridgehead atoms. The Bertz CT molecular complexity index is 1120. The van der Waals surface area contributed by atoms with Gasteiger partial charge in [-0.3, -0.25) is 4.79 Å². The molecule has 0 aliphatic carbocycles. The lowest BCUT2D eigenvalue weighted by molar-refractivity contribution is -0.133. The lowest BCUT2D eigenvalue weighted by atomic mass is 10.1. The molecular formula is C26H30N2O4S. The zero-order valence-electron chi connectivity index (χ0n) is 19.2. The molecule has 0 aliphatic rings. The standard InChI is InChI=1S/C26H30N2O4S/c1-4-32-25-16-15-24(17-20(25)2)33(30,31)27-21(3)26(29)28(18-22-11-7-5-8-12-22)19-23-13-9-6-10-14-23/h5-17,21,27H,4,18-19H2,1-3H3/t21-/m0/s1. The first-order chi connectivity index (χ1) is 15.8. The fourth-order valence-corrected chi connectivity index (χ4v) is 4.83. The van der Waals surface area contributed by atoms with E-state index in [2.05, 4.69) is 4.72 Å². The lowest BCUT2D eigenvalue weighted by Gasteiger charge is -2.26. The molecule has 174 valence electrons. The van der Waals surface area contributed by atoms with Crippen molar-refractivity contribution in [2.24, 2.45) is 0 Å². The topological polar surface area (TPSA) is 75.7 Å². The second-order valence-corrected chi connectivity index (χ2v) is 9.58. The van der Waals surface area contributed by atoms with E-state index in [1.165, 1.54) is 6.07 Å². The van der Waals surface area contributed by atoms with E-state index in [4.69, 9.17) is 4.74 Å². The van der Waals surface area contributed by atoms with Crippen LogP contribution in [0.1, 0.15) is 30.5 Å². The van der Waals surface area contributed by atoms with Crippen LogP contribution in [0.2, 0.25) is 0 Å². The predicted molar refractivity (Wildman–Crippen MR) is 129 cm³/mol. The first kappa shape index (κ1) is 24.5. The quantitative estimate of drug-likeness (QED) is 0.484. The molecule has 0 saturated carbocycles. The van der Waals surface area contributed by atoms with Crippen LogP contribution in [0.15, 0.2) is 83.8 Å². The summed E-state index contributed by atoms with van der Waals surface area (Å²) in [5.74, 6) is 0.339. The average molecular weight is 467 g/mol. The van der Waals surface area contributed by atoms with E-state index in [0.29, 0.717) is 31.0 Å². The van der Waals surface area contributed by atoms with Crippen molar-refractivity contribution in [3.63, 3.8) is 0 Å². The summed E-state index contributed by atoms with van der Waals surface area (Å²) in [5.41, 5.74) is 2.66. The zero-order chi connectivity index (χ0) is 23.8. The minimum absolute atomic E-state index is 0.0979. The van der Waals surface area contributed by atoms with E-state index in [1.54, 1.807) is 30.9 Å². The van der Waals surface area contributed by atoms with E-state index in [9.17, 15) is 13.2 Å². The van der Waals surface area contributed by atoms with Gasteiger partial charge in [0.1, 0.15) is 5.75 Å². The highest BCUT2D eigenvalue weighted by molar-refractivity contribution is 7.89. The third-order valence-electron chi connectivity index (χ3n) is 5.20. The second-order valence-electron chi connectivity index (χ2n) is 7.87. The van der Waals surface area contributed by atoms with Crippen LogP contribution >= 0.6 is 0 Å². The van der Waals surface area contributed by atoms with Crippen LogP contribution in [0.3, 0.4) is 0 Å². The maximum atomic E-state index is 13.3. The summed E-state index contributed by atoms with van der Waals surface area (Å²) in [6.45, 7) is 6.49. The number of carbonyl (C=O) groups is 1. The summed E-state index contributed by atoms with van der Waals surface area (Å²) >= 11 is 0. The van der Waals surface area contributed by atoms with Gasteiger partial charge in [0.05, 0.1) is 17.5 Å². The smallest absolute Gasteiger partial charge is 0.241 e. The van der Waals surface area contributed by atoms with E-state index in [0.717, 1.165) is 11.1 Å². The average Bonchev–Trinajstić information content (AvgIpc) is 2.80. The molecule has 0 fully saturated rings. The summed E-state index contributed by atoms with van der Waals surface area (Å²) < 4.78 is 34.0. The molecule has 0 radical (unpaired) electrons. The highest BCUT2D eigenvalue weighted by Crippen LogP contribution is 2.22. The van der Waals surface area contributed by atoms with Crippen molar-refractivity contribution in [3.8, 4) is 5.75 Å². The number of aryl methyl sites for hydroxylation is 1. The number of ether oxygens (including phenoxy) is 1. The number of rotatable bonds is 10. The summed E-state index contributed by atoms with van der Waals surface area (Å²) in [7, 11) is -3.89. The molecule has 1 N–H and O–H groups in total. The van der Waals surface area contributed by atoms with Crippen LogP contribution in [0.25, 0.3) is 0 Å². The first-order valence-corrected chi connectivity index (χ1v) is 12.4. The van der Waals surface area contributed by atoms with Crippen LogP contribution in [0, 0.1) is 6.92 Å². The predicted octanol–water partition coefficient (Wildman–Crippen LogP) is 4.29. The lowest BCUT2D eigenvalue weighted by Crippen LogP contribution is -2.46. The molecule has 0 heterocycles. The van der Waals surface area contributed by atoms with E-state index in [1.807, 2.05) is 67.6 Å². The molecule has 0 saturated heterocycles. The molecule has 33 heavy (non-hydrogen) atoms. The largest absolute Gasteiger partial charge is 0.494 e. The van der Waals surface area contributed by atoms with Gasteiger partial charge in [0.2, 0.25) is 15.9 Å². The summed E-state index contributed by atoms with van der Waals surface area (Å²) in [5, 5.41) is 0. The third kappa shape index (κ3) is 6.66. The minimum Gasteiger partial charge on any atom is -0.494 e. The maximum Gasteiger partial charge on any atom is 0.241 e. The molecule has 0 aliphatic heterocycles. The number of hydrogen-bond donors (Lipinski definition) is 1. The van der Waals surface area contributed by atoms with Gasteiger partial charge in [-0.05, 0) is 55.7 Å². The Hall–Kier alpha value is -3.16. The van der Waals surface area contributed by atoms with Crippen molar-refractivity contribution in [1.29, 1.82) is 0 Å². The summed E-state index contributed by atoms with van der Waals surface area (Å²) in [6, 6.07) is 23.0. The second kappa shape index (κ2) is 11.1. The van der Waals surface area contributed by atoms with Crippen molar-refractivity contribution in [3.05, 3.63) is 95.6 Å². The van der Waals surface area contributed by atoms with Gasteiger partial charge in [-0.15, -0.1) is 0 Å². The Morgan fingerprint density at radius 2 is 1.48 bits per heavy atom. The molecule has 0 unspecified atom stereocenters. The number of carbonyl (C=O) groups excluding carboxylic acids is 1. The number of nitrogens with one attached hydrogen (secondary N) is 1. The van der Waals surface area contributed by atoms with Crippen LogP contribution in [0.4, 0.5) is 0 Å². The molecule has 3 aromatic carbocycles. The van der Waals surface area contributed by atoms with Crippen molar-refractivity contribution < 1.29 is 17.9 Å². The number of amides is 1. The summed E-state index contributed by atoms with van der Waals surface area (Å²) in [6.07, 6.45) is 0. The summed E-state index contributed by atoms with van der Waals surface area (Å²) in [4.78, 5) is 15.1. The molecular weight excluding hydrogens is 436 g/mol. The Kier molecular flexibility index (Phi) is 8.25. The fourth-order valence-electron chi connectivity index (χ4n) is 3.55. The van der Waals surface area contributed by atoms with Gasteiger partial charge in [0, 0.05) is 13.1 Å². The zero-order valence-corrected chi connectivity index (χ0v) is 20.0. The number of sulfonamides is 1. The molecule has 6 nitrogen and oxygen atoms in total. The monoisotopic (exact) mass is 466 g/mol. The van der Waals surface area contributed by atoms with Gasteiger partial charge in [-0.2, -0.15) is 4.72 Å². The Balaban J connectivity index is 1.79. The van der Waals surface area contributed by atoms with Crippen molar-refractivity contribution >= 4 is 15.9 Å². The number of benzene rings is 3. The Morgan fingerprint density at radius 3 is 1.97 bits per heavy atom. The molecule has 0 aromatic heterocycles. The van der Waals surface area contributed by atoms with Crippen molar-refractivity contribution in [2.45, 2.75) is 44.8 Å². The maximum absolute atomic E-state index is 13.3. The van der Waals surface area contributed by atoms with Crippen LogP contribution < -0.4 is 9.46 Å². The van der Waals surface area contributed by atoms with Gasteiger partial charge in [0.25, 0.3) is 0 Å². The van der Waals surface area contributed by atoms with Gasteiger partial charge in [-0.25, -0.2) is 8.42 Å². The van der Waals surface area contributed by atoms with E-state index < -0.39 is 16.1 Å². The minimum atomic E-state index is -3.89. The number of hydrogen-bond acceptors (Lipinski definition) is 4. The molecule has 3 rings (SSSR count). The Morgan fingerprint density at radius 1 is 0.939 bits per heavy atom. The van der Waals surface area contributed by atoms with Gasteiger partial charge in [0.15, 0.2) is 0 Å². The van der Waals surface area contributed by atoms with Crippen LogP contribution in [-0.4, -0.2) is 31.9 Å². The molecule has 1 amide bonds. The van der Waals surface area contributed by atoms with Crippen LogP contribution in [-0.2, 0) is 27.9 Å². The van der Waals surface area contributed by atoms with Crippen LogP contribution in [0.5, 0.6) is 5.75 Å². The molecule has 7 heteroatoms. The van der Waals surface area contributed by atoms with Crippen molar-refractivity contribution in [1.82, 2.24) is 9.62 Å². The highest BCUT2D eigenvalue weighted by Gasteiger charge is 2.26. The van der Waals surface area contributed by atoms with E-state index >= 15 is 0 Å². The Labute approximate surface area is 196 Å². The fraction of sp³-hybridized carbons (Fsp3) is 0.269.